The van der Waals surface area contributed by atoms with Gasteiger partial charge < -0.3 is 9.80 Å². The molecule has 0 bridgehead atoms. The van der Waals surface area contributed by atoms with Crippen LogP contribution >= 0.6 is 11.3 Å². The monoisotopic (exact) mass is 938 g/mol. The molecule has 3 heteroatoms. The molecule has 4 aliphatic carbocycles. The Morgan fingerprint density at radius 2 is 0.653 bits per heavy atom. The van der Waals surface area contributed by atoms with E-state index >= 15 is 0 Å². The number of rotatable bonds is 6. The number of benzene rings is 10. The highest BCUT2D eigenvalue weighted by atomic mass is 32.1. The lowest BCUT2D eigenvalue weighted by molar-refractivity contribution is 0.660. The van der Waals surface area contributed by atoms with Gasteiger partial charge in [0, 0.05) is 54.5 Å². The molecule has 1 unspecified atom stereocenters. The minimum absolute atomic E-state index is 0.134. The van der Waals surface area contributed by atoms with E-state index in [9.17, 15) is 0 Å². The fraction of sp³-hybridized carbons (Fsp3) is 0.101. The van der Waals surface area contributed by atoms with Gasteiger partial charge in [-0.2, -0.15) is 0 Å². The second kappa shape index (κ2) is 14.9. The maximum absolute atomic E-state index is 2.55. The average molecular weight is 939 g/mol. The van der Waals surface area contributed by atoms with Crippen molar-refractivity contribution in [2.45, 2.75) is 43.9 Å². The van der Waals surface area contributed by atoms with E-state index in [4.69, 9.17) is 0 Å². The molecule has 0 saturated carbocycles. The summed E-state index contributed by atoms with van der Waals surface area (Å²) < 4.78 is 1.32. The zero-order valence-corrected chi connectivity index (χ0v) is 41.6. The Balaban J connectivity index is 0.973. The Hall–Kier alpha value is -8.24. The zero-order valence-electron chi connectivity index (χ0n) is 40.7. The molecular weight excluding hydrogens is 889 g/mol. The number of nitrogens with zero attached hydrogens (tertiary/aromatic N) is 2. The third-order valence-electron chi connectivity index (χ3n) is 16.8. The normalized spacial score (nSPS) is 16.3. The molecule has 0 fully saturated rings. The highest BCUT2D eigenvalue weighted by molar-refractivity contribution is 7.22. The molecule has 0 radical (unpaired) electrons. The third-order valence-corrected chi connectivity index (χ3v) is 18.1. The van der Waals surface area contributed by atoms with E-state index in [1.807, 2.05) is 11.3 Å². The Kier molecular flexibility index (Phi) is 8.59. The van der Waals surface area contributed by atoms with Crippen molar-refractivity contribution in [3.63, 3.8) is 0 Å². The quantitative estimate of drug-likeness (QED) is 0.164. The molecule has 342 valence electrons. The predicted octanol–water partition coefficient (Wildman–Crippen LogP) is 18.8. The van der Waals surface area contributed by atoms with Crippen molar-refractivity contribution in [3.05, 3.63) is 275 Å². The summed E-state index contributed by atoms with van der Waals surface area (Å²) in [5, 5.41) is 1.32. The van der Waals surface area contributed by atoms with Gasteiger partial charge in [-0.1, -0.05) is 179 Å². The van der Waals surface area contributed by atoms with Crippen LogP contribution in [0.15, 0.2) is 231 Å². The fourth-order valence-corrected chi connectivity index (χ4v) is 14.9. The van der Waals surface area contributed by atoms with Crippen LogP contribution in [0.25, 0.3) is 53.9 Å². The lowest BCUT2D eigenvalue weighted by Crippen LogP contribution is -2.26. The van der Waals surface area contributed by atoms with Crippen LogP contribution in [0.4, 0.5) is 34.1 Å². The van der Waals surface area contributed by atoms with Crippen molar-refractivity contribution >= 4 is 55.5 Å². The minimum Gasteiger partial charge on any atom is -0.310 e. The molecule has 0 aliphatic heterocycles. The Bertz CT molecular complexity index is 4060. The van der Waals surface area contributed by atoms with Gasteiger partial charge in [0.2, 0.25) is 0 Å². The number of thiophene rings is 1. The van der Waals surface area contributed by atoms with Gasteiger partial charge in [-0.15, -0.1) is 11.3 Å². The molecule has 11 aromatic rings. The van der Waals surface area contributed by atoms with Crippen molar-refractivity contribution in [2.75, 3.05) is 9.80 Å². The number of fused-ring (bicyclic) bond motifs is 18. The van der Waals surface area contributed by atoms with Gasteiger partial charge in [0.05, 0.1) is 5.41 Å². The van der Waals surface area contributed by atoms with Crippen LogP contribution < -0.4 is 9.80 Å². The van der Waals surface area contributed by atoms with Gasteiger partial charge in [0.25, 0.3) is 0 Å². The summed E-state index contributed by atoms with van der Waals surface area (Å²) in [6, 6.07) is 87.1. The van der Waals surface area contributed by atoms with Crippen LogP contribution in [0.3, 0.4) is 0 Å². The molecule has 10 aromatic carbocycles. The summed E-state index contributed by atoms with van der Waals surface area (Å²) in [5.74, 6) is 0. The molecule has 15 rings (SSSR count). The summed E-state index contributed by atoms with van der Waals surface area (Å²) in [5.41, 5.74) is 26.0. The molecular formula is C69H50N2S. The van der Waals surface area contributed by atoms with Gasteiger partial charge in [-0.25, -0.2) is 0 Å². The first-order valence-electron chi connectivity index (χ1n) is 25.3. The smallest absolute Gasteiger partial charge is 0.0741 e. The van der Waals surface area contributed by atoms with Crippen LogP contribution in [0.2, 0.25) is 0 Å². The van der Waals surface area contributed by atoms with E-state index in [2.05, 4.69) is 268 Å². The topological polar surface area (TPSA) is 6.48 Å². The summed E-state index contributed by atoms with van der Waals surface area (Å²) >= 11 is 1.94. The van der Waals surface area contributed by atoms with Crippen molar-refractivity contribution < 1.29 is 0 Å². The van der Waals surface area contributed by atoms with Gasteiger partial charge in [-0.05, 0) is 168 Å². The molecule has 1 spiro atoms. The van der Waals surface area contributed by atoms with Gasteiger partial charge >= 0.3 is 0 Å². The van der Waals surface area contributed by atoms with E-state index < -0.39 is 5.41 Å². The zero-order chi connectivity index (χ0) is 48.1. The molecule has 1 aromatic heterocycles. The maximum Gasteiger partial charge on any atom is 0.0741 e. The summed E-state index contributed by atoms with van der Waals surface area (Å²) in [6.45, 7) is 9.51. The van der Waals surface area contributed by atoms with Crippen molar-refractivity contribution in [1.29, 1.82) is 0 Å². The second-order valence-electron chi connectivity index (χ2n) is 21.2. The first kappa shape index (κ1) is 41.5. The largest absolute Gasteiger partial charge is 0.310 e. The summed E-state index contributed by atoms with van der Waals surface area (Å²) in [4.78, 5) is 6.33. The first-order valence-corrected chi connectivity index (χ1v) is 26.1. The number of para-hydroxylation sites is 2. The van der Waals surface area contributed by atoms with Crippen LogP contribution in [-0.4, -0.2) is 0 Å². The molecule has 1 heterocycles. The van der Waals surface area contributed by atoms with Crippen LogP contribution in [0, 0.1) is 0 Å². The van der Waals surface area contributed by atoms with Crippen molar-refractivity contribution in [1.82, 2.24) is 0 Å². The first-order chi connectivity index (χ1) is 35.2. The standard InChI is InChI=1S/C69H50N2S/c1-67(2)57-27-15-11-23-49(57)52-35-31-45(39-60(52)67)70(43-19-7-5-8-20-43)47-33-37-54-51-25-13-17-29-59(51)69(62(54)41-47)63-42-48(34-38-55(63)66-65(69)56-26-14-18-30-64(56)72-66)71(44-21-9-6-10-22-44)46-32-36-53-50-24-12-16-28-58(50)68(3,4)61(53)40-46/h5-42H,1-4H3. The third kappa shape index (κ3) is 5.49. The SMILES string of the molecule is CC1(C)c2ccccc2-c2ccc(N(c3ccccc3)c3ccc4c(c3)C3(c5ccccc5-4)c4cc(N(c5ccccc5)c5ccc6c(c5)C(C)(C)c5ccccc5-6)ccc4-c4sc5ccccc5c43)cc21. The van der Waals surface area contributed by atoms with Gasteiger partial charge in [0.1, 0.15) is 0 Å². The maximum atomic E-state index is 2.55. The number of hydrogen-bond donors (Lipinski definition) is 0. The van der Waals surface area contributed by atoms with E-state index in [1.165, 1.54) is 98.4 Å². The lowest BCUT2D eigenvalue weighted by Gasteiger charge is -2.34. The van der Waals surface area contributed by atoms with E-state index in [1.54, 1.807) is 0 Å². The van der Waals surface area contributed by atoms with E-state index in [0.29, 0.717) is 0 Å². The summed E-state index contributed by atoms with van der Waals surface area (Å²) in [6.07, 6.45) is 0. The van der Waals surface area contributed by atoms with Crippen molar-refractivity contribution in [3.8, 4) is 43.8 Å². The van der Waals surface area contributed by atoms with Crippen LogP contribution in [-0.2, 0) is 16.2 Å². The van der Waals surface area contributed by atoms with E-state index in [0.717, 1.165) is 34.1 Å². The number of anilines is 6. The minimum atomic E-state index is -0.601. The Labute approximate surface area is 425 Å². The highest BCUT2D eigenvalue weighted by Gasteiger charge is 2.54. The fourth-order valence-electron chi connectivity index (χ4n) is 13.6. The van der Waals surface area contributed by atoms with E-state index in [-0.39, 0.29) is 10.8 Å². The average Bonchev–Trinajstić information content (AvgIpc) is 4.15. The van der Waals surface area contributed by atoms with Gasteiger partial charge in [0.15, 0.2) is 0 Å². The molecule has 0 saturated heterocycles. The Morgan fingerprint density at radius 1 is 0.292 bits per heavy atom. The lowest BCUT2D eigenvalue weighted by atomic mass is 9.70. The van der Waals surface area contributed by atoms with Gasteiger partial charge in [-0.3, -0.25) is 0 Å². The molecule has 2 nitrogen and oxygen atoms in total. The van der Waals surface area contributed by atoms with Crippen molar-refractivity contribution in [2.24, 2.45) is 0 Å². The Morgan fingerprint density at radius 3 is 1.17 bits per heavy atom. The molecule has 4 aliphatic rings. The highest BCUT2D eigenvalue weighted by Crippen LogP contribution is 2.67. The molecule has 1 atom stereocenters. The molecule has 0 amide bonds. The molecule has 0 N–H and O–H groups in total. The molecule has 72 heavy (non-hydrogen) atoms. The van der Waals surface area contributed by atoms with Crippen LogP contribution in [0.1, 0.15) is 72.2 Å². The predicted molar refractivity (Wildman–Crippen MR) is 303 cm³/mol. The van der Waals surface area contributed by atoms with Crippen LogP contribution in [0.5, 0.6) is 0 Å². The summed E-state index contributed by atoms with van der Waals surface area (Å²) in [7, 11) is 0. The second-order valence-corrected chi connectivity index (χ2v) is 22.3. The number of hydrogen-bond acceptors (Lipinski definition) is 3.